The summed E-state index contributed by atoms with van der Waals surface area (Å²) >= 11 is 0. The third-order valence-corrected chi connectivity index (χ3v) is 7.46. The maximum Gasteiger partial charge on any atom is 0.255 e. The van der Waals surface area contributed by atoms with Gasteiger partial charge in [0.15, 0.2) is 0 Å². The number of benzene rings is 3. The van der Waals surface area contributed by atoms with Crippen LogP contribution in [0, 0.1) is 5.82 Å². The second-order valence-corrected chi connectivity index (χ2v) is 9.87. The van der Waals surface area contributed by atoms with Gasteiger partial charge in [0, 0.05) is 73.2 Å². The van der Waals surface area contributed by atoms with Crippen molar-refractivity contribution < 1.29 is 23.1 Å². The van der Waals surface area contributed by atoms with E-state index in [4.69, 9.17) is 9.15 Å². The fraction of sp³-hybridized carbons (Fsp3) is 0.312. The lowest BCUT2D eigenvalue weighted by molar-refractivity contribution is 0.0696. The van der Waals surface area contributed by atoms with Gasteiger partial charge in [-0.1, -0.05) is 12.1 Å². The molecule has 0 spiro atoms. The highest BCUT2D eigenvalue weighted by atomic mass is 19.1. The maximum absolute atomic E-state index is 13.7. The third kappa shape index (κ3) is 5.45. The molecular weight excluding hydrogens is 509 g/mol. The van der Waals surface area contributed by atoms with E-state index in [0.29, 0.717) is 46.6 Å². The van der Waals surface area contributed by atoms with Crippen LogP contribution < -0.4 is 15.5 Å². The molecule has 2 heterocycles. The van der Waals surface area contributed by atoms with Gasteiger partial charge in [-0.05, 0) is 74.7 Å². The van der Waals surface area contributed by atoms with Crippen LogP contribution in [0.25, 0.3) is 33.4 Å². The van der Waals surface area contributed by atoms with Gasteiger partial charge in [0.05, 0.1) is 5.56 Å². The van der Waals surface area contributed by atoms with Crippen LogP contribution in [-0.4, -0.2) is 51.2 Å². The Balaban J connectivity index is 1.65. The molecule has 1 aliphatic rings. The zero-order valence-electron chi connectivity index (χ0n) is 23.1. The summed E-state index contributed by atoms with van der Waals surface area (Å²) in [5.41, 5.74) is 4.78. The molecule has 3 aromatic carbocycles. The van der Waals surface area contributed by atoms with Crippen molar-refractivity contribution >= 4 is 28.5 Å². The minimum atomic E-state index is -0.367. The number of furan rings is 1. The van der Waals surface area contributed by atoms with Gasteiger partial charge in [-0.3, -0.25) is 9.59 Å². The highest BCUT2D eigenvalue weighted by Crippen LogP contribution is 2.41. The number of fused-ring (bicyclic) bond motifs is 1. The van der Waals surface area contributed by atoms with Crippen LogP contribution in [0.2, 0.25) is 0 Å². The maximum atomic E-state index is 13.7. The summed E-state index contributed by atoms with van der Waals surface area (Å²) in [5, 5.41) is 6.49. The Morgan fingerprint density at radius 1 is 0.950 bits per heavy atom. The van der Waals surface area contributed by atoms with Crippen LogP contribution in [0.15, 0.2) is 65.1 Å². The van der Waals surface area contributed by atoms with E-state index in [2.05, 4.69) is 29.4 Å². The van der Waals surface area contributed by atoms with E-state index < -0.39 is 0 Å². The number of carbonyl (C=O) groups excluding carboxylic acids is 2. The van der Waals surface area contributed by atoms with Crippen molar-refractivity contribution in [1.29, 1.82) is 0 Å². The molecule has 0 saturated carbocycles. The van der Waals surface area contributed by atoms with Gasteiger partial charge in [0.25, 0.3) is 11.8 Å². The molecule has 0 radical (unpaired) electrons. The first-order valence-corrected chi connectivity index (χ1v) is 13.8. The number of anilines is 1. The average molecular weight is 544 g/mol. The molecule has 0 bridgehead atoms. The molecule has 2 amide bonds. The van der Waals surface area contributed by atoms with Gasteiger partial charge in [0.2, 0.25) is 0 Å². The predicted molar refractivity (Wildman–Crippen MR) is 155 cm³/mol. The summed E-state index contributed by atoms with van der Waals surface area (Å²) in [6.45, 7) is 6.97. The Morgan fingerprint density at radius 3 is 2.35 bits per heavy atom. The molecule has 8 heteroatoms. The molecule has 7 nitrogen and oxygen atoms in total. The first-order chi connectivity index (χ1) is 19.4. The van der Waals surface area contributed by atoms with E-state index in [-0.39, 0.29) is 23.7 Å². The Kier molecular flexibility index (Phi) is 8.16. The Bertz CT molecular complexity index is 1520. The number of nitrogens with zero attached hydrogens (tertiary/aromatic N) is 1. The molecule has 1 fully saturated rings. The van der Waals surface area contributed by atoms with Gasteiger partial charge in [-0.2, -0.15) is 0 Å². The first kappa shape index (κ1) is 27.4. The highest BCUT2D eigenvalue weighted by Gasteiger charge is 2.25. The lowest BCUT2D eigenvalue weighted by atomic mass is 9.96. The highest BCUT2D eigenvalue weighted by molar-refractivity contribution is 6.13. The lowest BCUT2D eigenvalue weighted by Crippen LogP contribution is -2.38. The van der Waals surface area contributed by atoms with Crippen molar-refractivity contribution in [1.82, 2.24) is 10.6 Å². The zero-order valence-corrected chi connectivity index (χ0v) is 23.1. The first-order valence-electron chi connectivity index (χ1n) is 13.8. The lowest BCUT2D eigenvalue weighted by Gasteiger charge is -2.25. The largest absolute Gasteiger partial charge is 0.455 e. The summed E-state index contributed by atoms with van der Waals surface area (Å²) in [6, 6.07) is 17.5. The monoisotopic (exact) mass is 543 g/mol. The summed E-state index contributed by atoms with van der Waals surface area (Å²) in [4.78, 5) is 28.5. The molecule has 208 valence electrons. The van der Waals surface area contributed by atoms with Crippen LogP contribution in [-0.2, 0) is 4.74 Å². The van der Waals surface area contributed by atoms with Crippen molar-refractivity contribution in [2.75, 3.05) is 38.3 Å². The van der Waals surface area contributed by atoms with Crippen molar-refractivity contribution in [3.05, 3.63) is 77.6 Å². The Labute approximate surface area is 233 Å². The van der Waals surface area contributed by atoms with E-state index in [0.717, 1.165) is 42.7 Å². The average Bonchev–Trinajstić information content (AvgIpc) is 3.36. The van der Waals surface area contributed by atoms with Gasteiger partial charge < -0.3 is 24.7 Å². The summed E-state index contributed by atoms with van der Waals surface area (Å²) in [5.74, 6) is -0.411. The van der Waals surface area contributed by atoms with Crippen LogP contribution in [0.4, 0.5) is 10.1 Å². The van der Waals surface area contributed by atoms with Gasteiger partial charge in [-0.25, -0.2) is 4.39 Å². The number of nitrogens with one attached hydrogen (secondary N) is 2. The van der Waals surface area contributed by atoms with Crippen molar-refractivity contribution in [3.8, 4) is 22.5 Å². The second-order valence-electron chi connectivity index (χ2n) is 9.87. The van der Waals surface area contributed by atoms with Crippen molar-refractivity contribution in [2.45, 2.75) is 32.7 Å². The Hall–Kier alpha value is -4.17. The van der Waals surface area contributed by atoms with Crippen LogP contribution in [0.1, 0.15) is 47.4 Å². The summed E-state index contributed by atoms with van der Waals surface area (Å²) in [6.07, 6.45) is 1.60. The number of rotatable bonds is 8. The molecule has 1 aromatic heterocycles. The quantitative estimate of drug-likeness (QED) is 0.284. The smallest absolute Gasteiger partial charge is 0.255 e. The van der Waals surface area contributed by atoms with E-state index in [1.54, 1.807) is 19.2 Å². The van der Waals surface area contributed by atoms with Crippen LogP contribution in [0.3, 0.4) is 0 Å². The van der Waals surface area contributed by atoms with Gasteiger partial charge in [-0.15, -0.1) is 0 Å². The van der Waals surface area contributed by atoms with E-state index in [1.165, 1.54) is 12.1 Å². The number of hydrogen-bond donors (Lipinski definition) is 2. The number of ether oxygens (including phenoxy) is 1. The standard InChI is InChI=1S/C32H34FN3O4/c1-4-36(5-2)27-19-28-26(29(32(38)34-3)30(40-28)20-9-11-23(33)12-10-20)18-25(27)21-7-6-8-22(17-21)31(37)35-24-13-15-39-16-14-24/h6-12,17-19,24H,4-5,13-16H2,1-3H3,(H,34,38)(H,35,37). The minimum absolute atomic E-state index is 0.0958. The molecule has 0 atom stereocenters. The molecular formula is C32H34FN3O4. The number of carbonyl (C=O) groups is 2. The fourth-order valence-corrected chi connectivity index (χ4v) is 5.28. The van der Waals surface area contributed by atoms with Gasteiger partial charge >= 0.3 is 0 Å². The Morgan fingerprint density at radius 2 is 1.68 bits per heavy atom. The molecule has 4 aromatic rings. The molecule has 2 N–H and O–H groups in total. The van der Waals surface area contributed by atoms with E-state index in [1.807, 2.05) is 36.4 Å². The zero-order chi connectivity index (χ0) is 28.2. The molecule has 0 unspecified atom stereocenters. The third-order valence-electron chi connectivity index (χ3n) is 7.46. The van der Waals surface area contributed by atoms with Crippen molar-refractivity contribution in [2.24, 2.45) is 0 Å². The molecule has 0 aliphatic carbocycles. The molecule has 5 rings (SSSR count). The normalized spacial score (nSPS) is 13.8. The fourth-order valence-electron chi connectivity index (χ4n) is 5.28. The van der Waals surface area contributed by atoms with Crippen molar-refractivity contribution in [3.63, 3.8) is 0 Å². The second kappa shape index (κ2) is 11.9. The van der Waals surface area contributed by atoms with Gasteiger partial charge in [0.1, 0.15) is 17.2 Å². The van der Waals surface area contributed by atoms with E-state index in [9.17, 15) is 14.0 Å². The molecule has 40 heavy (non-hydrogen) atoms. The van der Waals surface area contributed by atoms with Crippen LogP contribution >= 0.6 is 0 Å². The van der Waals surface area contributed by atoms with Crippen LogP contribution in [0.5, 0.6) is 0 Å². The number of halogens is 1. The van der Waals surface area contributed by atoms with E-state index >= 15 is 0 Å². The topological polar surface area (TPSA) is 83.8 Å². The SMILES string of the molecule is CCN(CC)c1cc2oc(-c3ccc(F)cc3)c(C(=O)NC)c2cc1-c1cccc(C(=O)NC2CCOCC2)c1. The summed E-state index contributed by atoms with van der Waals surface area (Å²) in [7, 11) is 1.57. The molecule has 1 saturated heterocycles. The molecule has 1 aliphatic heterocycles. The number of amides is 2. The predicted octanol–water partition coefficient (Wildman–Crippen LogP) is 6.02. The minimum Gasteiger partial charge on any atom is -0.455 e. The summed E-state index contributed by atoms with van der Waals surface area (Å²) < 4.78 is 25.4. The number of hydrogen-bond acceptors (Lipinski definition) is 5.